The highest BCUT2D eigenvalue weighted by Crippen LogP contribution is 2.34. The first kappa shape index (κ1) is 27.5. The number of para-hydroxylation sites is 1. The van der Waals surface area contributed by atoms with Gasteiger partial charge in [-0.2, -0.15) is 0 Å². The van der Waals surface area contributed by atoms with Crippen LogP contribution in [0.15, 0.2) is 54.6 Å². The maximum atomic E-state index is 13.4. The number of carbonyl (C=O) groups excluding carboxylic acids is 2. The number of methoxy groups -OCH3 is 1. The van der Waals surface area contributed by atoms with Gasteiger partial charge in [-0.15, -0.1) is 0 Å². The van der Waals surface area contributed by atoms with Gasteiger partial charge in [-0.3, -0.25) is 19.8 Å². The molecule has 2 amide bonds. The lowest BCUT2D eigenvalue weighted by atomic mass is 9.89. The zero-order valence-corrected chi connectivity index (χ0v) is 22.1. The molecule has 1 saturated heterocycles. The lowest BCUT2D eigenvalue weighted by Gasteiger charge is -2.30. The fraction of sp³-hybridized carbons (Fsp3) is 0.414. The Morgan fingerprint density at radius 2 is 1.95 bits per heavy atom. The van der Waals surface area contributed by atoms with Gasteiger partial charge < -0.3 is 20.1 Å². The molecule has 0 radical (unpaired) electrons. The molecule has 4 rings (SSSR count). The molecule has 0 bridgehead atoms. The van der Waals surface area contributed by atoms with E-state index in [2.05, 4.69) is 0 Å². The summed E-state index contributed by atoms with van der Waals surface area (Å²) in [5.74, 6) is -0.125. The molecule has 1 aliphatic heterocycles. The number of aromatic nitrogens is 1. The van der Waals surface area contributed by atoms with E-state index in [1.165, 1.54) is 4.90 Å². The summed E-state index contributed by atoms with van der Waals surface area (Å²) in [6, 6.07) is 16.5. The molecule has 2 atom stereocenters. The Morgan fingerprint density at radius 3 is 2.63 bits per heavy atom. The molecule has 1 aliphatic rings. The van der Waals surface area contributed by atoms with Crippen LogP contribution in [0.1, 0.15) is 43.5 Å². The quantitative estimate of drug-likeness (QED) is 0.261. The van der Waals surface area contributed by atoms with Gasteiger partial charge in [0.05, 0.1) is 12.1 Å². The van der Waals surface area contributed by atoms with E-state index < -0.39 is 17.5 Å². The van der Waals surface area contributed by atoms with E-state index in [4.69, 9.17) is 20.2 Å². The number of pyridine rings is 1. The summed E-state index contributed by atoms with van der Waals surface area (Å²) < 4.78 is 11.3. The first-order valence-electron chi connectivity index (χ1n) is 12.9. The zero-order chi connectivity index (χ0) is 27.3. The van der Waals surface area contributed by atoms with Crippen molar-refractivity contribution in [3.8, 4) is 5.75 Å². The summed E-state index contributed by atoms with van der Waals surface area (Å²) in [6.07, 6.45) is 1.51. The summed E-state index contributed by atoms with van der Waals surface area (Å²) in [5, 5.41) is 10.2. The van der Waals surface area contributed by atoms with Gasteiger partial charge in [0.2, 0.25) is 5.91 Å². The van der Waals surface area contributed by atoms with Gasteiger partial charge in [0, 0.05) is 36.7 Å². The Balaban J connectivity index is 1.49. The Bertz CT molecular complexity index is 1280. The van der Waals surface area contributed by atoms with Gasteiger partial charge in [0.25, 0.3) is 5.91 Å². The molecule has 9 nitrogen and oxygen atoms in total. The minimum atomic E-state index is -1.25. The van der Waals surface area contributed by atoms with E-state index in [-0.39, 0.29) is 11.8 Å². The number of likely N-dealkylation sites (tertiary alicyclic amines) is 1. The summed E-state index contributed by atoms with van der Waals surface area (Å²) >= 11 is 0. The van der Waals surface area contributed by atoms with E-state index in [9.17, 15) is 14.8 Å². The average molecular weight is 521 g/mol. The molecule has 2 aromatic carbocycles. The molecular weight excluding hydrogens is 484 g/mol. The number of nitrogens with one attached hydrogen (secondary N) is 1. The highest BCUT2D eigenvalue weighted by atomic mass is 16.5. The van der Waals surface area contributed by atoms with E-state index in [0.29, 0.717) is 50.3 Å². The van der Waals surface area contributed by atoms with Crippen molar-refractivity contribution < 1.29 is 24.3 Å². The number of nitrogens with zero attached hydrogens (tertiary/aromatic N) is 2. The number of nitrogens with two attached hydrogens (primary N) is 1. The first-order valence-corrected chi connectivity index (χ1v) is 12.9. The van der Waals surface area contributed by atoms with Crippen molar-refractivity contribution in [2.75, 3.05) is 20.3 Å². The van der Waals surface area contributed by atoms with Crippen molar-refractivity contribution in [2.45, 2.75) is 51.3 Å². The Kier molecular flexibility index (Phi) is 8.61. The van der Waals surface area contributed by atoms with Crippen molar-refractivity contribution in [1.29, 1.82) is 0 Å². The molecule has 0 aliphatic carbocycles. The molecule has 38 heavy (non-hydrogen) atoms. The van der Waals surface area contributed by atoms with Crippen molar-refractivity contribution in [2.24, 2.45) is 11.7 Å². The predicted molar refractivity (Wildman–Crippen MR) is 143 cm³/mol. The highest BCUT2D eigenvalue weighted by molar-refractivity contribution is 5.94. The Morgan fingerprint density at radius 1 is 1.21 bits per heavy atom. The lowest BCUT2D eigenvalue weighted by molar-refractivity contribution is -0.144. The van der Waals surface area contributed by atoms with E-state index in [1.807, 2.05) is 44.2 Å². The van der Waals surface area contributed by atoms with Crippen LogP contribution < -0.4 is 16.0 Å². The number of hydroxylamine groups is 1. The van der Waals surface area contributed by atoms with Crippen LogP contribution in [0.5, 0.6) is 5.75 Å². The van der Waals surface area contributed by atoms with E-state index >= 15 is 0 Å². The normalized spacial score (nSPS) is 18.3. The predicted octanol–water partition coefficient (Wildman–Crippen LogP) is 3.31. The Hall–Kier alpha value is -3.53. The minimum absolute atomic E-state index is 0.155. The molecule has 202 valence electrons. The second kappa shape index (κ2) is 11.9. The molecule has 2 heterocycles. The third-order valence-electron chi connectivity index (χ3n) is 7.05. The van der Waals surface area contributed by atoms with E-state index in [1.54, 1.807) is 36.9 Å². The molecule has 0 unspecified atom stereocenters. The fourth-order valence-corrected chi connectivity index (χ4v) is 5.00. The molecule has 1 aromatic heterocycles. The van der Waals surface area contributed by atoms with Crippen molar-refractivity contribution in [3.63, 3.8) is 0 Å². The molecular formula is C29H36N4O5. The standard InChI is InChI=1S/C29H36N4O5/c1-19(2)16-26(27(34)32-36)33-14-13-29(30,28(33)35)21-8-10-23(11-9-21)38-18-20-17-22(12-15-37-3)31-25-7-5-4-6-24(20)25/h4-11,17,19,26,36H,12-16,18,30H2,1-3H3,(H,32,34)/t26-,29-/m1/s1. The average Bonchev–Trinajstić information content (AvgIpc) is 3.23. The summed E-state index contributed by atoms with van der Waals surface area (Å²) in [7, 11) is 1.67. The van der Waals surface area contributed by atoms with Crippen LogP contribution in [0.25, 0.3) is 10.9 Å². The summed E-state index contributed by atoms with van der Waals surface area (Å²) in [4.78, 5) is 31.9. The number of fused-ring (bicyclic) bond motifs is 1. The SMILES string of the molecule is COCCc1cc(COc2ccc([C@]3(N)CCN([C@H](CC(C)C)C(=O)NO)C3=O)cc2)c2ccccc2n1. The number of hydrogen-bond acceptors (Lipinski definition) is 7. The van der Waals surface area contributed by atoms with Gasteiger partial charge in [-0.25, -0.2) is 5.48 Å². The molecule has 9 heteroatoms. The number of ether oxygens (including phenoxy) is 2. The zero-order valence-electron chi connectivity index (χ0n) is 22.1. The van der Waals surface area contributed by atoms with Crippen LogP contribution in [-0.2, 0) is 32.9 Å². The number of amides is 2. The fourth-order valence-electron chi connectivity index (χ4n) is 5.00. The summed E-state index contributed by atoms with van der Waals surface area (Å²) in [5.41, 5.74) is 10.6. The van der Waals surface area contributed by atoms with Gasteiger partial charge in [0.15, 0.2) is 0 Å². The van der Waals surface area contributed by atoms with Crippen LogP contribution in [-0.4, -0.2) is 53.2 Å². The largest absolute Gasteiger partial charge is 0.489 e. The minimum Gasteiger partial charge on any atom is -0.489 e. The van der Waals surface area contributed by atoms with Crippen molar-refractivity contribution in [1.82, 2.24) is 15.4 Å². The molecule has 1 fully saturated rings. The van der Waals surface area contributed by atoms with Gasteiger partial charge in [-0.1, -0.05) is 44.2 Å². The number of benzene rings is 2. The molecule has 4 N–H and O–H groups in total. The second-order valence-electron chi connectivity index (χ2n) is 10.2. The Labute approximate surface area is 222 Å². The van der Waals surface area contributed by atoms with E-state index in [0.717, 1.165) is 22.2 Å². The van der Waals surface area contributed by atoms with Gasteiger partial charge in [-0.05, 0) is 48.6 Å². The van der Waals surface area contributed by atoms with Gasteiger partial charge in [0.1, 0.15) is 23.9 Å². The smallest absolute Gasteiger partial charge is 0.266 e. The maximum Gasteiger partial charge on any atom is 0.266 e. The third kappa shape index (κ3) is 5.80. The highest BCUT2D eigenvalue weighted by Gasteiger charge is 2.48. The topological polar surface area (TPSA) is 127 Å². The second-order valence-corrected chi connectivity index (χ2v) is 10.2. The van der Waals surface area contributed by atoms with Crippen LogP contribution in [0.2, 0.25) is 0 Å². The van der Waals surface area contributed by atoms with Crippen molar-refractivity contribution >= 4 is 22.7 Å². The van der Waals surface area contributed by atoms with Gasteiger partial charge >= 0.3 is 0 Å². The van der Waals surface area contributed by atoms with Crippen molar-refractivity contribution in [3.05, 3.63) is 71.4 Å². The first-order chi connectivity index (χ1) is 18.3. The van der Waals surface area contributed by atoms with Crippen LogP contribution in [0.4, 0.5) is 0 Å². The maximum absolute atomic E-state index is 13.4. The lowest BCUT2D eigenvalue weighted by Crippen LogP contribution is -2.52. The summed E-state index contributed by atoms with van der Waals surface area (Å²) in [6.45, 7) is 5.20. The molecule has 3 aromatic rings. The molecule has 0 spiro atoms. The molecule has 0 saturated carbocycles. The number of rotatable bonds is 11. The van der Waals surface area contributed by atoms with Crippen LogP contribution >= 0.6 is 0 Å². The number of hydrogen-bond donors (Lipinski definition) is 3. The van der Waals surface area contributed by atoms with Crippen LogP contribution in [0, 0.1) is 5.92 Å². The monoisotopic (exact) mass is 520 g/mol. The van der Waals surface area contributed by atoms with Crippen LogP contribution in [0.3, 0.4) is 0 Å². The third-order valence-corrected chi connectivity index (χ3v) is 7.05. The number of carbonyl (C=O) groups is 2.